The quantitative estimate of drug-likeness (QED) is 0.686. The molecule has 1 saturated carbocycles. The Balaban J connectivity index is 2.29. The molecule has 0 aromatic heterocycles. The molecule has 1 atom stereocenters. The Kier molecular flexibility index (Phi) is 5.05. The number of nitrogens with two attached hydrogens (primary N) is 1. The molecule has 0 bridgehead atoms. The van der Waals surface area contributed by atoms with Crippen molar-refractivity contribution < 1.29 is 9.53 Å². The second-order valence-electron chi connectivity index (χ2n) is 4.24. The van der Waals surface area contributed by atoms with Gasteiger partial charge in [0.15, 0.2) is 0 Å². The molecule has 1 aliphatic carbocycles. The van der Waals surface area contributed by atoms with Gasteiger partial charge < -0.3 is 15.4 Å². The van der Waals surface area contributed by atoms with E-state index in [4.69, 9.17) is 10.5 Å². The molecule has 1 fully saturated rings. The summed E-state index contributed by atoms with van der Waals surface area (Å²) in [5.41, 5.74) is 5.76. The summed E-state index contributed by atoms with van der Waals surface area (Å²) < 4.78 is 4.88. The van der Waals surface area contributed by atoms with Gasteiger partial charge in [0.05, 0.1) is 6.61 Å². The zero-order valence-corrected chi connectivity index (χ0v) is 9.74. The first kappa shape index (κ1) is 12.5. The fourth-order valence-corrected chi connectivity index (χ4v) is 2.13. The van der Waals surface area contributed by atoms with E-state index in [0.29, 0.717) is 19.2 Å². The minimum absolute atomic E-state index is 0.289. The topological polar surface area (TPSA) is 55.6 Å². The van der Waals surface area contributed by atoms with Crippen LogP contribution in [0.4, 0.5) is 0 Å². The summed E-state index contributed by atoms with van der Waals surface area (Å²) in [6.45, 7) is 2.80. The maximum Gasteiger partial charge on any atom is 0.324 e. The first-order chi connectivity index (χ1) is 7.15. The first-order valence-electron chi connectivity index (χ1n) is 5.77. The molecular weight excluding hydrogens is 192 g/mol. The molecule has 4 heteroatoms. The molecule has 1 aliphatic rings. The van der Waals surface area contributed by atoms with Gasteiger partial charge in [-0.2, -0.15) is 0 Å². The summed E-state index contributed by atoms with van der Waals surface area (Å²) in [7, 11) is 2.04. The van der Waals surface area contributed by atoms with Gasteiger partial charge in [0.2, 0.25) is 0 Å². The molecule has 4 nitrogen and oxygen atoms in total. The molecule has 88 valence electrons. The molecule has 15 heavy (non-hydrogen) atoms. The largest absolute Gasteiger partial charge is 0.465 e. The number of carbonyl (C=O) groups excluding carboxylic acids is 1. The summed E-state index contributed by atoms with van der Waals surface area (Å²) in [6, 6.07) is 0.0982. The van der Waals surface area contributed by atoms with Crippen LogP contribution >= 0.6 is 0 Å². The Labute approximate surface area is 91.8 Å². The molecule has 0 saturated heterocycles. The number of rotatable bonds is 5. The van der Waals surface area contributed by atoms with Crippen LogP contribution in [0.15, 0.2) is 0 Å². The third-order valence-electron chi connectivity index (χ3n) is 3.02. The maximum atomic E-state index is 11.3. The van der Waals surface area contributed by atoms with E-state index >= 15 is 0 Å². The Morgan fingerprint density at radius 3 is 2.67 bits per heavy atom. The first-order valence-corrected chi connectivity index (χ1v) is 5.77. The molecule has 0 spiro atoms. The van der Waals surface area contributed by atoms with Gasteiger partial charge in [0, 0.05) is 12.6 Å². The van der Waals surface area contributed by atoms with Crippen LogP contribution in [0.5, 0.6) is 0 Å². The van der Waals surface area contributed by atoms with E-state index in [9.17, 15) is 4.79 Å². The molecule has 0 aromatic carbocycles. The van der Waals surface area contributed by atoms with Crippen LogP contribution in [0.2, 0.25) is 0 Å². The van der Waals surface area contributed by atoms with E-state index in [1.54, 1.807) is 6.92 Å². The highest BCUT2D eigenvalue weighted by molar-refractivity contribution is 5.75. The molecule has 0 aromatic rings. The number of nitrogens with zero attached hydrogens (tertiary/aromatic N) is 1. The lowest BCUT2D eigenvalue weighted by Crippen LogP contribution is -2.45. The normalized spacial score (nSPS) is 19.5. The lowest BCUT2D eigenvalue weighted by molar-refractivity contribution is -0.145. The summed E-state index contributed by atoms with van der Waals surface area (Å²) in [6.07, 6.45) is 5.05. The smallest absolute Gasteiger partial charge is 0.324 e. The summed E-state index contributed by atoms with van der Waals surface area (Å²) in [5, 5.41) is 0. The van der Waals surface area contributed by atoms with Gasteiger partial charge >= 0.3 is 5.97 Å². The molecule has 0 amide bonds. The van der Waals surface area contributed by atoms with Crippen molar-refractivity contribution in [2.45, 2.75) is 44.7 Å². The van der Waals surface area contributed by atoms with Crippen LogP contribution in [0.3, 0.4) is 0 Å². The van der Waals surface area contributed by atoms with E-state index in [-0.39, 0.29) is 5.97 Å². The highest BCUT2D eigenvalue weighted by Crippen LogP contribution is 2.22. The van der Waals surface area contributed by atoms with Crippen LogP contribution in [-0.2, 0) is 9.53 Å². The van der Waals surface area contributed by atoms with Gasteiger partial charge in [-0.3, -0.25) is 4.79 Å². The van der Waals surface area contributed by atoms with Gasteiger partial charge in [-0.25, -0.2) is 0 Å². The van der Waals surface area contributed by atoms with Crippen LogP contribution in [-0.4, -0.2) is 43.2 Å². The van der Waals surface area contributed by atoms with E-state index in [1.807, 2.05) is 7.05 Å². The fraction of sp³-hybridized carbons (Fsp3) is 0.909. The molecular formula is C11H22N2O2. The van der Waals surface area contributed by atoms with Crippen molar-refractivity contribution in [3.63, 3.8) is 0 Å². The zero-order chi connectivity index (χ0) is 11.3. The Bertz CT molecular complexity index is 203. The highest BCUT2D eigenvalue weighted by atomic mass is 16.5. The summed E-state index contributed by atoms with van der Waals surface area (Å²) in [4.78, 5) is 13.5. The number of carbonyl (C=O) groups is 1. The van der Waals surface area contributed by atoms with E-state index < -0.39 is 6.04 Å². The van der Waals surface area contributed by atoms with Crippen LogP contribution in [0.1, 0.15) is 32.6 Å². The van der Waals surface area contributed by atoms with Gasteiger partial charge in [-0.15, -0.1) is 0 Å². The van der Waals surface area contributed by atoms with E-state index in [2.05, 4.69) is 4.90 Å². The number of likely N-dealkylation sites (N-methyl/N-ethyl adjacent to an activating group) is 1. The van der Waals surface area contributed by atoms with Crippen molar-refractivity contribution in [2.24, 2.45) is 5.73 Å². The minimum Gasteiger partial charge on any atom is -0.465 e. The second-order valence-corrected chi connectivity index (χ2v) is 4.24. The average Bonchev–Trinajstić information content (AvgIpc) is 2.70. The maximum absolute atomic E-state index is 11.3. The molecule has 1 rings (SSSR count). The summed E-state index contributed by atoms with van der Waals surface area (Å²) >= 11 is 0. The van der Waals surface area contributed by atoms with E-state index in [0.717, 1.165) is 0 Å². The minimum atomic E-state index is -0.504. The van der Waals surface area contributed by atoms with Gasteiger partial charge in [0.25, 0.3) is 0 Å². The lowest BCUT2D eigenvalue weighted by atomic mass is 10.2. The molecule has 0 heterocycles. The average molecular weight is 214 g/mol. The standard InChI is InChI=1S/C11H22N2O2/c1-3-15-11(14)10(12)8-13(2)9-6-4-5-7-9/h9-10H,3-8,12H2,1-2H3. The zero-order valence-electron chi connectivity index (χ0n) is 9.74. The second kappa shape index (κ2) is 6.08. The number of hydrogen-bond donors (Lipinski definition) is 1. The van der Waals surface area contributed by atoms with E-state index in [1.165, 1.54) is 25.7 Å². The van der Waals surface area contributed by atoms with Crippen molar-refractivity contribution in [2.75, 3.05) is 20.2 Å². The fourth-order valence-electron chi connectivity index (χ4n) is 2.13. The Morgan fingerprint density at radius 1 is 1.53 bits per heavy atom. The van der Waals surface area contributed by atoms with Crippen LogP contribution in [0, 0.1) is 0 Å². The predicted molar refractivity (Wildman–Crippen MR) is 59.5 cm³/mol. The lowest BCUT2D eigenvalue weighted by Gasteiger charge is -2.26. The Hall–Kier alpha value is -0.610. The van der Waals surface area contributed by atoms with Gasteiger partial charge in [-0.05, 0) is 26.8 Å². The predicted octanol–water partition coefficient (Wildman–Crippen LogP) is 0.751. The molecule has 0 aliphatic heterocycles. The van der Waals surface area contributed by atoms with Gasteiger partial charge in [0.1, 0.15) is 6.04 Å². The van der Waals surface area contributed by atoms with Crippen molar-refractivity contribution in [1.82, 2.24) is 4.90 Å². The van der Waals surface area contributed by atoms with Crippen LogP contribution < -0.4 is 5.73 Å². The third-order valence-corrected chi connectivity index (χ3v) is 3.02. The monoisotopic (exact) mass is 214 g/mol. The third kappa shape index (κ3) is 3.80. The summed E-state index contributed by atoms with van der Waals surface area (Å²) in [5.74, 6) is -0.289. The molecule has 1 unspecified atom stereocenters. The highest BCUT2D eigenvalue weighted by Gasteiger charge is 2.23. The Morgan fingerprint density at radius 2 is 2.13 bits per heavy atom. The number of ether oxygens (including phenoxy) is 1. The molecule has 0 radical (unpaired) electrons. The SMILES string of the molecule is CCOC(=O)C(N)CN(C)C1CCCC1. The number of esters is 1. The van der Waals surface area contributed by atoms with Crippen molar-refractivity contribution in [3.8, 4) is 0 Å². The van der Waals surface area contributed by atoms with Gasteiger partial charge in [-0.1, -0.05) is 12.8 Å². The number of hydrogen-bond acceptors (Lipinski definition) is 4. The van der Waals surface area contributed by atoms with Crippen LogP contribution in [0.25, 0.3) is 0 Å². The van der Waals surface area contributed by atoms with Crippen molar-refractivity contribution >= 4 is 5.97 Å². The van der Waals surface area contributed by atoms with Crippen molar-refractivity contribution in [3.05, 3.63) is 0 Å². The molecule has 2 N–H and O–H groups in total. The van der Waals surface area contributed by atoms with Crippen molar-refractivity contribution in [1.29, 1.82) is 0 Å².